The third kappa shape index (κ3) is 2.89. The predicted octanol–water partition coefficient (Wildman–Crippen LogP) is 0.962. The average molecular weight is 308 g/mol. The molecule has 1 atom stereocenters. The Labute approximate surface area is 128 Å². The summed E-state index contributed by atoms with van der Waals surface area (Å²) in [5, 5.41) is 9.45. The maximum atomic E-state index is 12.6. The Kier molecular flexibility index (Phi) is 4.65. The Morgan fingerprint density at radius 1 is 1.41 bits per heavy atom. The molecule has 1 aliphatic heterocycles. The average Bonchev–Trinajstić information content (AvgIpc) is 2.92. The first-order valence-corrected chi connectivity index (χ1v) is 6.97. The van der Waals surface area contributed by atoms with Gasteiger partial charge in [-0.1, -0.05) is 0 Å². The van der Waals surface area contributed by atoms with E-state index in [-0.39, 0.29) is 24.9 Å². The summed E-state index contributed by atoms with van der Waals surface area (Å²) in [4.78, 5) is 29.9. The monoisotopic (exact) mass is 308 g/mol. The molecule has 1 aromatic heterocycles. The van der Waals surface area contributed by atoms with Gasteiger partial charge in [0.05, 0.1) is 13.7 Å². The highest BCUT2D eigenvalue weighted by Crippen LogP contribution is 2.33. The number of pyridine rings is 1. The van der Waals surface area contributed by atoms with Crippen LogP contribution in [0.25, 0.3) is 0 Å². The van der Waals surface area contributed by atoms with Crippen molar-refractivity contribution >= 4 is 11.9 Å². The lowest BCUT2D eigenvalue weighted by molar-refractivity contribution is -0.151. The summed E-state index contributed by atoms with van der Waals surface area (Å²) in [6.07, 6.45) is 0.365. The first kappa shape index (κ1) is 16.2. The van der Waals surface area contributed by atoms with Crippen molar-refractivity contribution in [3.8, 4) is 5.88 Å². The number of nitrogens with zero attached hydrogens (tertiary/aromatic N) is 2. The fraction of sp³-hybridized carbons (Fsp3) is 0.533. The largest absolute Gasteiger partial charge is 0.481 e. The number of likely N-dealkylation sites (tertiary alicyclic amines) is 1. The number of carboxylic acid groups (broad SMARTS) is 1. The fourth-order valence-corrected chi connectivity index (χ4v) is 2.70. The summed E-state index contributed by atoms with van der Waals surface area (Å²) in [6, 6.07) is 3.38. The van der Waals surface area contributed by atoms with Gasteiger partial charge < -0.3 is 19.5 Å². The molecule has 1 unspecified atom stereocenters. The number of methoxy groups -OCH3 is 2. The Balaban J connectivity index is 2.23. The summed E-state index contributed by atoms with van der Waals surface area (Å²) < 4.78 is 10.2. The summed E-state index contributed by atoms with van der Waals surface area (Å²) in [5.74, 6) is -0.966. The van der Waals surface area contributed by atoms with E-state index in [1.807, 2.05) is 0 Å². The maximum absolute atomic E-state index is 12.6. The van der Waals surface area contributed by atoms with Gasteiger partial charge in [-0.05, 0) is 25.5 Å². The predicted molar refractivity (Wildman–Crippen MR) is 78.0 cm³/mol. The van der Waals surface area contributed by atoms with Crippen LogP contribution in [-0.4, -0.2) is 60.8 Å². The van der Waals surface area contributed by atoms with Crippen LogP contribution in [0.5, 0.6) is 5.88 Å². The normalized spacial score (nSPS) is 21.0. The summed E-state index contributed by atoms with van der Waals surface area (Å²) in [7, 11) is 2.91. The van der Waals surface area contributed by atoms with E-state index in [0.29, 0.717) is 18.5 Å². The van der Waals surface area contributed by atoms with Gasteiger partial charge in [0.2, 0.25) is 5.88 Å². The second-order valence-electron chi connectivity index (χ2n) is 5.50. The number of ether oxygens (including phenoxy) is 2. The molecule has 0 bridgehead atoms. The first-order chi connectivity index (χ1) is 10.4. The molecular weight excluding hydrogens is 288 g/mol. The Morgan fingerprint density at radius 3 is 2.73 bits per heavy atom. The van der Waals surface area contributed by atoms with Gasteiger partial charge >= 0.3 is 5.97 Å². The van der Waals surface area contributed by atoms with Crippen molar-refractivity contribution in [2.45, 2.75) is 13.3 Å². The number of hydrogen-bond acceptors (Lipinski definition) is 5. The van der Waals surface area contributed by atoms with E-state index in [9.17, 15) is 14.7 Å². The SMILES string of the molecule is COCC1(C(=O)O)CCN(C(=O)c2ccc(C)nc2OC)C1. The molecule has 1 aromatic rings. The van der Waals surface area contributed by atoms with Crippen LogP contribution >= 0.6 is 0 Å². The summed E-state index contributed by atoms with van der Waals surface area (Å²) >= 11 is 0. The molecule has 1 aliphatic rings. The molecule has 1 N–H and O–H groups in total. The highest BCUT2D eigenvalue weighted by Gasteiger charge is 2.46. The highest BCUT2D eigenvalue weighted by atomic mass is 16.5. The van der Waals surface area contributed by atoms with Crippen LogP contribution in [0.1, 0.15) is 22.5 Å². The minimum atomic E-state index is -1.05. The van der Waals surface area contributed by atoms with Gasteiger partial charge in [0.1, 0.15) is 11.0 Å². The lowest BCUT2D eigenvalue weighted by Crippen LogP contribution is -2.40. The fourth-order valence-electron chi connectivity index (χ4n) is 2.70. The Hall–Kier alpha value is -2.15. The molecule has 1 amide bonds. The van der Waals surface area contributed by atoms with E-state index in [4.69, 9.17) is 9.47 Å². The van der Waals surface area contributed by atoms with Crippen molar-refractivity contribution in [2.24, 2.45) is 5.41 Å². The van der Waals surface area contributed by atoms with Crippen LogP contribution in [-0.2, 0) is 9.53 Å². The van der Waals surface area contributed by atoms with E-state index in [1.54, 1.807) is 19.1 Å². The zero-order valence-electron chi connectivity index (χ0n) is 13.0. The topological polar surface area (TPSA) is 89.0 Å². The number of aliphatic carboxylic acids is 1. The van der Waals surface area contributed by atoms with Crippen LogP contribution in [0.15, 0.2) is 12.1 Å². The molecule has 0 aromatic carbocycles. The second-order valence-corrected chi connectivity index (χ2v) is 5.50. The molecule has 7 heteroatoms. The molecule has 7 nitrogen and oxygen atoms in total. The lowest BCUT2D eigenvalue weighted by atomic mass is 9.88. The molecule has 0 saturated carbocycles. The zero-order chi connectivity index (χ0) is 16.3. The van der Waals surface area contributed by atoms with Crippen molar-refractivity contribution < 1.29 is 24.2 Å². The van der Waals surface area contributed by atoms with Crippen LogP contribution in [0.3, 0.4) is 0 Å². The molecule has 1 fully saturated rings. The molecular formula is C15H20N2O5. The van der Waals surface area contributed by atoms with Crippen LogP contribution < -0.4 is 4.74 Å². The first-order valence-electron chi connectivity index (χ1n) is 6.97. The maximum Gasteiger partial charge on any atom is 0.313 e. The van der Waals surface area contributed by atoms with Gasteiger partial charge in [-0.2, -0.15) is 0 Å². The smallest absolute Gasteiger partial charge is 0.313 e. The molecule has 0 aliphatic carbocycles. The Bertz CT molecular complexity index is 589. The van der Waals surface area contributed by atoms with Crippen molar-refractivity contribution in [3.63, 3.8) is 0 Å². The number of amides is 1. The van der Waals surface area contributed by atoms with E-state index < -0.39 is 11.4 Å². The van der Waals surface area contributed by atoms with Crippen molar-refractivity contribution in [3.05, 3.63) is 23.4 Å². The van der Waals surface area contributed by atoms with Gasteiger partial charge in [-0.15, -0.1) is 0 Å². The third-order valence-corrected chi connectivity index (χ3v) is 3.94. The lowest BCUT2D eigenvalue weighted by Gasteiger charge is -2.24. The number of aryl methyl sites for hydroxylation is 1. The van der Waals surface area contributed by atoms with Gasteiger partial charge in [-0.25, -0.2) is 4.98 Å². The molecule has 2 heterocycles. The van der Waals surface area contributed by atoms with Crippen LogP contribution in [0.4, 0.5) is 0 Å². The van der Waals surface area contributed by atoms with E-state index >= 15 is 0 Å². The highest BCUT2D eigenvalue weighted by molar-refractivity contribution is 5.97. The Morgan fingerprint density at radius 2 is 2.14 bits per heavy atom. The number of aromatic nitrogens is 1. The molecule has 22 heavy (non-hydrogen) atoms. The summed E-state index contributed by atoms with van der Waals surface area (Å²) in [6.45, 7) is 2.37. The second kappa shape index (κ2) is 6.31. The number of carboxylic acids is 1. The van der Waals surface area contributed by atoms with Crippen molar-refractivity contribution in [1.29, 1.82) is 0 Å². The number of carbonyl (C=O) groups excluding carboxylic acids is 1. The van der Waals surface area contributed by atoms with Crippen LogP contribution in [0, 0.1) is 12.3 Å². The van der Waals surface area contributed by atoms with Gasteiger partial charge in [0.15, 0.2) is 0 Å². The molecule has 2 rings (SSSR count). The van der Waals surface area contributed by atoms with Crippen molar-refractivity contribution in [1.82, 2.24) is 9.88 Å². The molecule has 0 spiro atoms. The quantitative estimate of drug-likeness (QED) is 0.871. The zero-order valence-corrected chi connectivity index (χ0v) is 13.0. The molecule has 1 saturated heterocycles. The molecule has 120 valence electrons. The van der Waals surface area contributed by atoms with E-state index in [1.165, 1.54) is 19.1 Å². The number of carbonyl (C=O) groups is 2. The standard InChI is InChI=1S/C15H20N2O5/c1-10-4-5-11(12(16-10)22-3)13(18)17-7-6-15(8-17,9-21-2)14(19)20/h4-5H,6-9H2,1-3H3,(H,19,20). The van der Waals surface area contributed by atoms with Gasteiger partial charge in [0, 0.05) is 25.9 Å². The van der Waals surface area contributed by atoms with Gasteiger partial charge in [-0.3, -0.25) is 9.59 Å². The number of hydrogen-bond donors (Lipinski definition) is 1. The third-order valence-electron chi connectivity index (χ3n) is 3.94. The minimum absolute atomic E-state index is 0.0788. The van der Waals surface area contributed by atoms with Gasteiger partial charge in [0.25, 0.3) is 5.91 Å². The van der Waals surface area contributed by atoms with Crippen molar-refractivity contribution in [2.75, 3.05) is 33.9 Å². The summed E-state index contributed by atoms with van der Waals surface area (Å²) in [5.41, 5.74) is 0.0382. The number of rotatable bonds is 5. The van der Waals surface area contributed by atoms with E-state index in [2.05, 4.69) is 4.98 Å². The van der Waals surface area contributed by atoms with Crippen LogP contribution in [0.2, 0.25) is 0 Å². The molecule has 0 radical (unpaired) electrons. The minimum Gasteiger partial charge on any atom is -0.481 e. The van der Waals surface area contributed by atoms with E-state index in [0.717, 1.165) is 5.69 Å².